The Morgan fingerprint density at radius 1 is 1.45 bits per heavy atom. The number of nitrogens with one attached hydrogen (secondary N) is 1. The first-order chi connectivity index (χ1) is 13.7. The second kappa shape index (κ2) is 12.3. The summed E-state index contributed by atoms with van der Waals surface area (Å²) < 4.78 is 18.9. The van der Waals surface area contributed by atoms with Gasteiger partial charge in [0.1, 0.15) is 11.6 Å². The number of nitrogens with zero attached hydrogens (tertiary/aromatic N) is 3. The lowest BCUT2D eigenvalue weighted by Gasteiger charge is -2.28. The molecule has 0 bridgehead atoms. The van der Waals surface area contributed by atoms with Crippen molar-refractivity contribution in [3.05, 3.63) is 53.4 Å². The van der Waals surface area contributed by atoms with E-state index in [-0.39, 0.29) is 17.8 Å². The van der Waals surface area contributed by atoms with Crippen LogP contribution in [0.5, 0.6) is 0 Å². The molecular formula is C22H35FN4O2. The van der Waals surface area contributed by atoms with Gasteiger partial charge in [0, 0.05) is 37.9 Å². The molecular weight excluding hydrogens is 371 g/mol. The van der Waals surface area contributed by atoms with E-state index < -0.39 is 0 Å². The zero-order valence-electron chi connectivity index (χ0n) is 18.6. The minimum Gasteiger partial charge on any atom is -0.497 e. The summed E-state index contributed by atoms with van der Waals surface area (Å²) in [7, 11) is 3.52. The largest absolute Gasteiger partial charge is 0.497 e. The molecule has 7 heteroatoms. The third kappa shape index (κ3) is 8.75. The fraction of sp³-hybridized carbons (Fsp3) is 0.545. The molecule has 6 nitrogen and oxygen atoms in total. The van der Waals surface area contributed by atoms with Gasteiger partial charge in [0.2, 0.25) is 5.91 Å². The zero-order valence-corrected chi connectivity index (χ0v) is 18.6. The van der Waals surface area contributed by atoms with Crippen molar-refractivity contribution in [1.82, 2.24) is 20.1 Å². The lowest BCUT2D eigenvalue weighted by atomic mass is 10.2. The second-order valence-corrected chi connectivity index (χ2v) is 7.32. The molecule has 1 N–H and O–H groups in total. The zero-order chi connectivity index (χ0) is 22.0. The van der Waals surface area contributed by atoms with E-state index in [1.807, 2.05) is 20.9 Å². The highest BCUT2D eigenvalue weighted by molar-refractivity contribution is 5.75. The maximum atomic E-state index is 13.8. The normalized spacial score (nSPS) is 12.8. The van der Waals surface area contributed by atoms with Crippen LogP contribution in [0.4, 0.5) is 4.39 Å². The van der Waals surface area contributed by atoms with Gasteiger partial charge in [0.05, 0.1) is 19.5 Å². The Morgan fingerprint density at radius 3 is 2.69 bits per heavy atom. The molecule has 0 radical (unpaired) electrons. The minimum atomic E-state index is -0.247. The average Bonchev–Trinajstić information content (AvgIpc) is 2.68. The lowest BCUT2D eigenvalue weighted by Crippen LogP contribution is -2.39. The molecule has 1 aromatic rings. The Hall–Kier alpha value is -2.25. The summed E-state index contributed by atoms with van der Waals surface area (Å²) in [6.07, 6.45) is 4.95. The van der Waals surface area contributed by atoms with Crippen LogP contribution in [0, 0.1) is 5.82 Å². The molecule has 0 aliphatic carbocycles. The van der Waals surface area contributed by atoms with Crippen LogP contribution in [0.3, 0.4) is 0 Å². The molecule has 0 spiro atoms. The van der Waals surface area contributed by atoms with Crippen molar-refractivity contribution in [2.24, 2.45) is 0 Å². The number of ether oxygens (including phenoxy) is 1. The number of halogens is 1. The van der Waals surface area contributed by atoms with Crippen LogP contribution in [-0.2, 0) is 22.5 Å². The summed E-state index contributed by atoms with van der Waals surface area (Å²) >= 11 is 0. The van der Waals surface area contributed by atoms with Crippen molar-refractivity contribution in [2.45, 2.75) is 53.1 Å². The van der Waals surface area contributed by atoms with Gasteiger partial charge in [-0.15, -0.1) is 0 Å². The molecule has 29 heavy (non-hydrogen) atoms. The fourth-order valence-electron chi connectivity index (χ4n) is 2.81. The summed E-state index contributed by atoms with van der Waals surface area (Å²) in [6.45, 7) is 13.0. The van der Waals surface area contributed by atoms with Crippen molar-refractivity contribution >= 4 is 5.91 Å². The third-order valence-corrected chi connectivity index (χ3v) is 4.73. The van der Waals surface area contributed by atoms with Crippen LogP contribution in [-0.4, -0.2) is 54.1 Å². The first-order valence-electron chi connectivity index (χ1n) is 9.92. The van der Waals surface area contributed by atoms with Crippen LogP contribution in [0.15, 0.2) is 36.4 Å². The summed E-state index contributed by atoms with van der Waals surface area (Å²) in [5, 5.41) is 3.40. The molecule has 0 aliphatic heterocycles. The molecule has 0 aliphatic rings. The Labute approximate surface area is 174 Å². The minimum absolute atomic E-state index is 0.0364. The van der Waals surface area contributed by atoms with Gasteiger partial charge in [-0.2, -0.15) is 0 Å². The highest BCUT2D eigenvalue weighted by atomic mass is 19.1. The van der Waals surface area contributed by atoms with Crippen molar-refractivity contribution in [2.75, 3.05) is 27.4 Å². The number of allylic oxidation sites excluding steroid dienone is 2. The van der Waals surface area contributed by atoms with E-state index in [4.69, 9.17) is 4.74 Å². The number of carbonyl (C=O) groups is 1. The average molecular weight is 407 g/mol. The maximum absolute atomic E-state index is 13.8. The van der Waals surface area contributed by atoms with Crippen LogP contribution in [0.25, 0.3) is 0 Å². The summed E-state index contributed by atoms with van der Waals surface area (Å²) in [5.41, 5.74) is 2.12. The van der Waals surface area contributed by atoms with E-state index in [0.29, 0.717) is 31.1 Å². The van der Waals surface area contributed by atoms with Gasteiger partial charge in [-0.3, -0.25) is 14.7 Å². The predicted molar refractivity (Wildman–Crippen MR) is 114 cm³/mol. The highest BCUT2D eigenvalue weighted by Gasteiger charge is 2.14. The van der Waals surface area contributed by atoms with Crippen LogP contribution in [0.2, 0.25) is 0 Å². The summed E-state index contributed by atoms with van der Waals surface area (Å²) in [6, 6.07) is 1.79. The van der Waals surface area contributed by atoms with E-state index >= 15 is 0 Å². The topological polar surface area (TPSA) is 57.7 Å². The van der Waals surface area contributed by atoms with E-state index in [9.17, 15) is 9.18 Å². The molecule has 0 saturated heterocycles. The van der Waals surface area contributed by atoms with Gasteiger partial charge >= 0.3 is 0 Å². The Balaban J connectivity index is 2.50. The summed E-state index contributed by atoms with van der Waals surface area (Å²) in [4.78, 5) is 19.9. The number of aryl methyl sites for hydroxylation is 1. The fourth-order valence-corrected chi connectivity index (χ4v) is 2.81. The number of rotatable bonds is 12. The molecule has 1 rings (SSSR count). The highest BCUT2D eigenvalue weighted by Crippen LogP contribution is 2.10. The molecule has 0 aromatic carbocycles. The number of hydrogen-bond donors (Lipinski definition) is 1. The molecule has 1 heterocycles. The number of pyridine rings is 1. The standard InChI is InChI=1S/C22H35FN4O2/c1-8-22-21(23)12-20(14-25-22)13-24-16(2)9-10-26(6)15-27(19(5)28)17(3)11-18(4)29-7/h11-12,14,16,24H,4,8-10,13,15H2,1-3,5-7H3/b17-11+. The molecule has 1 amide bonds. The molecule has 1 aromatic heterocycles. The van der Waals surface area contributed by atoms with Crippen molar-refractivity contribution < 1.29 is 13.9 Å². The van der Waals surface area contributed by atoms with Crippen molar-refractivity contribution in [3.8, 4) is 0 Å². The predicted octanol–water partition coefficient (Wildman–Crippen LogP) is 3.45. The molecule has 1 atom stereocenters. The van der Waals surface area contributed by atoms with Crippen molar-refractivity contribution in [1.29, 1.82) is 0 Å². The van der Waals surface area contributed by atoms with Gasteiger partial charge in [0.25, 0.3) is 0 Å². The lowest BCUT2D eigenvalue weighted by molar-refractivity contribution is -0.128. The SMILES string of the molecule is C=C(/C=C(\C)N(CN(C)CCC(C)NCc1cnc(CC)c(F)c1)C(C)=O)OC. The second-order valence-electron chi connectivity index (χ2n) is 7.32. The smallest absolute Gasteiger partial charge is 0.224 e. The van der Waals surface area contributed by atoms with Gasteiger partial charge in [-0.1, -0.05) is 13.5 Å². The van der Waals surface area contributed by atoms with Crippen LogP contribution < -0.4 is 5.32 Å². The number of aromatic nitrogens is 1. The monoisotopic (exact) mass is 406 g/mol. The van der Waals surface area contributed by atoms with Gasteiger partial charge in [0.15, 0.2) is 0 Å². The quantitative estimate of drug-likeness (QED) is 0.327. The van der Waals surface area contributed by atoms with E-state index in [1.165, 1.54) is 0 Å². The third-order valence-electron chi connectivity index (χ3n) is 4.73. The van der Waals surface area contributed by atoms with Crippen LogP contribution in [0.1, 0.15) is 45.4 Å². The Kier molecular flexibility index (Phi) is 10.5. The molecule has 0 fully saturated rings. The summed E-state index contributed by atoms with van der Waals surface area (Å²) in [5.74, 6) is 0.223. The first-order valence-corrected chi connectivity index (χ1v) is 9.92. The first kappa shape index (κ1) is 24.8. The van der Waals surface area contributed by atoms with Gasteiger partial charge in [-0.05, 0) is 51.4 Å². The van der Waals surface area contributed by atoms with Crippen LogP contribution >= 0.6 is 0 Å². The molecule has 162 valence electrons. The van der Waals surface area contributed by atoms with E-state index in [0.717, 1.165) is 24.2 Å². The molecule has 0 saturated carbocycles. The van der Waals surface area contributed by atoms with E-state index in [1.54, 1.807) is 37.3 Å². The van der Waals surface area contributed by atoms with Gasteiger partial charge < -0.3 is 15.0 Å². The van der Waals surface area contributed by atoms with Gasteiger partial charge in [-0.25, -0.2) is 4.39 Å². The number of methoxy groups -OCH3 is 1. The number of carbonyl (C=O) groups excluding carboxylic acids is 1. The Morgan fingerprint density at radius 2 is 2.14 bits per heavy atom. The number of hydrogen-bond acceptors (Lipinski definition) is 5. The maximum Gasteiger partial charge on any atom is 0.224 e. The van der Waals surface area contributed by atoms with E-state index in [2.05, 4.69) is 28.7 Å². The Bertz CT molecular complexity index is 721. The van der Waals surface area contributed by atoms with Crippen molar-refractivity contribution in [3.63, 3.8) is 0 Å². The number of amides is 1. The molecule has 1 unspecified atom stereocenters.